The van der Waals surface area contributed by atoms with Gasteiger partial charge in [0.15, 0.2) is 0 Å². The Morgan fingerprint density at radius 1 is 1.33 bits per heavy atom. The van der Waals surface area contributed by atoms with Crippen molar-refractivity contribution in [1.29, 1.82) is 0 Å². The number of hydrogen-bond acceptors (Lipinski definition) is 4. The number of alkyl halides is 3. The van der Waals surface area contributed by atoms with Crippen LogP contribution in [0.3, 0.4) is 0 Å². The van der Waals surface area contributed by atoms with Gasteiger partial charge >= 0.3 is 12.1 Å². The zero-order valence-electron chi connectivity index (χ0n) is 15.0. The van der Waals surface area contributed by atoms with Crippen molar-refractivity contribution >= 4 is 17.6 Å². The molecule has 2 saturated heterocycles. The standard InChI is InChI=1S/C16H22ClNO2.C2HF3O2/c1-19-15-10-16(20-12-15)6-8-18(9-7-16)11-13-2-4-14(17)5-3-13;3-2(4,5)1(6)7/h2-5,15H,6-12H2,1H3;(H,6,7). The van der Waals surface area contributed by atoms with Crippen LogP contribution in [0, 0.1) is 0 Å². The van der Waals surface area contributed by atoms with Crippen LogP contribution in [0.25, 0.3) is 0 Å². The monoisotopic (exact) mass is 409 g/mol. The van der Waals surface area contributed by atoms with Crippen LogP contribution >= 0.6 is 11.6 Å². The maximum atomic E-state index is 10.6. The molecule has 2 aliphatic rings. The normalized spacial score (nSPS) is 22.3. The zero-order chi connectivity index (χ0) is 20.1. The van der Waals surface area contributed by atoms with Gasteiger partial charge in [-0.05, 0) is 30.5 Å². The van der Waals surface area contributed by atoms with Crippen molar-refractivity contribution in [2.24, 2.45) is 0 Å². The van der Waals surface area contributed by atoms with Crippen LogP contribution in [0.15, 0.2) is 24.3 Å². The van der Waals surface area contributed by atoms with E-state index in [1.165, 1.54) is 5.56 Å². The number of carboxylic acid groups (broad SMARTS) is 1. The summed E-state index contributed by atoms with van der Waals surface area (Å²) in [5.74, 6) is -2.76. The average Bonchev–Trinajstić information content (AvgIpc) is 3.02. The number of piperidine rings is 1. The van der Waals surface area contributed by atoms with E-state index in [9.17, 15) is 13.2 Å². The van der Waals surface area contributed by atoms with Crippen molar-refractivity contribution < 1.29 is 32.5 Å². The highest BCUT2D eigenvalue weighted by molar-refractivity contribution is 6.30. The Kier molecular flexibility index (Phi) is 7.50. The van der Waals surface area contributed by atoms with E-state index in [2.05, 4.69) is 17.0 Å². The summed E-state index contributed by atoms with van der Waals surface area (Å²) in [7, 11) is 1.78. The molecule has 0 aliphatic carbocycles. The molecular formula is C18H23ClF3NO4. The van der Waals surface area contributed by atoms with Gasteiger partial charge in [0, 0.05) is 38.2 Å². The summed E-state index contributed by atoms with van der Waals surface area (Å²) in [5.41, 5.74) is 1.41. The molecule has 0 bridgehead atoms. The number of carbonyl (C=O) groups is 1. The lowest BCUT2D eigenvalue weighted by Crippen LogP contribution is -2.43. The molecule has 0 saturated carbocycles. The van der Waals surface area contributed by atoms with Crippen molar-refractivity contribution in [3.63, 3.8) is 0 Å². The molecule has 3 rings (SSSR count). The van der Waals surface area contributed by atoms with Crippen molar-refractivity contribution in [1.82, 2.24) is 4.90 Å². The summed E-state index contributed by atoms with van der Waals surface area (Å²) in [6.07, 6.45) is -1.52. The minimum Gasteiger partial charge on any atom is -0.475 e. The van der Waals surface area contributed by atoms with E-state index in [4.69, 9.17) is 31.0 Å². The molecule has 0 amide bonds. The molecule has 9 heteroatoms. The van der Waals surface area contributed by atoms with E-state index in [0.717, 1.165) is 50.5 Å². The third-order valence-electron chi connectivity index (χ3n) is 4.84. The summed E-state index contributed by atoms with van der Waals surface area (Å²) in [4.78, 5) is 11.4. The summed E-state index contributed by atoms with van der Waals surface area (Å²) in [6, 6.07) is 8.15. The van der Waals surface area contributed by atoms with Crippen molar-refractivity contribution in [3.05, 3.63) is 34.9 Å². The Bertz CT molecular complexity index is 616. The number of nitrogens with zero attached hydrogens (tertiary/aromatic N) is 1. The molecular weight excluding hydrogens is 387 g/mol. The molecule has 0 radical (unpaired) electrons. The van der Waals surface area contributed by atoms with Gasteiger partial charge < -0.3 is 14.6 Å². The summed E-state index contributed by atoms with van der Waals surface area (Å²) in [5, 5.41) is 7.93. The molecule has 27 heavy (non-hydrogen) atoms. The van der Waals surface area contributed by atoms with Crippen LogP contribution in [0.1, 0.15) is 24.8 Å². The van der Waals surface area contributed by atoms with E-state index in [-0.39, 0.29) is 11.7 Å². The Balaban J connectivity index is 0.000000321. The second-order valence-corrected chi connectivity index (χ2v) is 7.20. The SMILES string of the molecule is COC1COC2(CCN(Cc3ccc(Cl)cc3)CC2)C1.O=C(O)C(F)(F)F. The molecule has 1 spiro atoms. The van der Waals surface area contributed by atoms with Crippen molar-refractivity contribution in [2.75, 3.05) is 26.8 Å². The highest BCUT2D eigenvalue weighted by Gasteiger charge is 2.42. The first-order valence-corrected chi connectivity index (χ1v) is 8.95. The van der Waals surface area contributed by atoms with Gasteiger partial charge in [-0.2, -0.15) is 13.2 Å². The van der Waals surface area contributed by atoms with E-state index >= 15 is 0 Å². The smallest absolute Gasteiger partial charge is 0.475 e. The molecule has 2 heterocycles. The van der Waals surface area contributed by atoms with E-state index in [1.54, 1.807) is 7.11 Å². The highest BCUT2D eigenvalue weighted by Crippen LogP contribution is 2.37. The van der Waals surface area contributed by atoms with Gasteiger partial charge in [-0.15, -0.1) is 0 Å². The fraction of sp³-hybridized carbons (Fsp3) is 0.611. The van der Waals surface area contributed by atoms with Crippen molar-refractivity contribution in [3.8, 4) is 0 Å². The molecule has 1 aromatic rings. The minimum absolute atomic E-state index is 0.0805. The van der Waals surface area contributed by atoms with Crippen LogP contribution in [-0.2, 0) is 20.8 Å². The molecule has 2 aliphatic heterocycles. The van der Waals surface area contributed by atoms with Gasteiger partial charge in [0.25, 0.3) is 0 Å². The predicted octanol–water partition coefficient (Wildman–Crippen LogP) is 3.74. The number of likely N-dealkylation sites (tertiary alicyclic amines) is 1. The maximum Gasteiger partial charge on any atom is 0.490 e. The quantitative estimate of drug-likeness (QED) is 0.824. The third-order valence-corrected chi connectivity index (χ3v) is 5.09. The fourth-order valence-corrected chi connectivity index (χ4v) is 3.39. The molecule has 1 unspecified atom stereocenters. The molecule has 5 nitrogen and oxygen atoms in total. The minimum atomic E-state index is -5.08. The predicted molar refractivity (Wildman–Crippen MR) is 93.8 cm³/mol. The van der Waals surface area contributed by atoms with Crippen LogP contribution < -0.4 is 0 Å². The summed E-state index contributed by atoms with van der Waals surface area (Å²) in [6.45, 7) is 3.95. The lowest BCUT2D eigenvalue weighted by molar-refractivity contribution is -0.192. The van der Waals surface area contributed by atoms with Crippen LogP contribution in [-0.4, -0.2) is 60.7 Å². The fourth-order valence-electron chi connectivity index (χ4n) is 3.27. The molecule has 1 N–H and O–H groups in total. The number of carboxylic acids is 1. The van der Waals surface area contributed by atoms with Gasteiger partial charge in [-0.25, -0.2) is 4.79 Å². The first-order chi connectivity index (χ1) is 12.6. The molecule has 1 atom stereocenters. The van der Waals surface area contributed by atoms with E-state index in [0.29, 0.717) is 0 Å². The molecule has 1 aromatic carbocycles. The Morgan fingerprint density at radius 2 is 1.89 bits per heavy atom. The van der Waals surface area contributed by atoms with Gasteiger partial charge in [0.1, 0.15) is 0 Å². The highest BCUT2D eigenvalue weighted by atomic mass is 35.5. The number of halogens is 4. The second-order valence-electron chi connectivity index (χ2n) is 6.76. The summed E-state index contributed by atoms with van der Waals surface area (Å²) < 4.78 is 43.2. The number of rotatable bonds is 3. The number of aliphatic carboxylic acids is 1. The number of hydrogen-bond donors (Lipinski definition) is 1. The zero-order valence-corrected chi connectivity index (χ0v) is 15.7. The number of benzene rings is 1. The van der Waals surface area contributed by atoms with Crippen LogP contribution in [0.2, 0.25) is 5.02 Å². The van der Waals surface area contributed by atoms with Gasteiger partial charge in [-0.1, -0.05) is 23.7 Å². The largest absolute Gasteiger partial charge is 0.490 e. The third kappa shape index (κ3) is 6.64. The molecule has 152 valence electrons. The lowest BCUT2D eigenvalue weighted by atomic mass is 9.88. The summed E-state index contributed by atoms with van der Waals surface area (Å²) >= 11 is 5.92. The van der Waals surface area contributed by atoms with Gasteiger partial charge in [-0.3, -0.25) is 4.90 Å². The number of ether oxygens (including phenoxy) is 2. The first kappa shape index (κ1) is 21.9. The Labute approximate surface area is 161 Å². The van der Waals surface area contributed by atoms with Crippen molar-refractivity contribution in [2.45, 2.75) is 43.7 Å². The maximum absolute atomic E-state index is 10.6. The molecule has 0 aromatic heterocycles. The lowest BCUT2D eigenvalue weighted by Gasteiger charge is -2.38. The van der Waals surface area contributed by atoms with E-state index in [1.807, 2.05) is 12.1 Å². The van der Waals surface area contributed by atoms with Gasteiger partial charge in [0.05, 0.1) is 18.3 Å². The van der Waals surface area contributed by atoms with Crippen LogP contribution in [0.4, 0.5) is 13.2 Å². The average molecular weight is 410 g/mol. The van der Waals surface area contributed by atoms with E-state index < -0.39 is 12.1 Å². The molecule has 2 fully saturated rings. The second kappa shape index (κ2) is 9.23. The van der Waals surface area contributed by atoms with Gasteiger partial charge in [0.2, 0.25) is 0 Å². The Hall–Kier alpha value is -1.35. The first-order valence-electron chi connectivity index (χ1n) is 8.57. The van der Waals surface area contributed by atoms with Crippen LogP contribution in [0.5, 0.6) is 0 Å². The Morgan fingerprint density at radius 3 is 2.33 bits per heavy atom. The number of methoxy groups -OCH3 is 1. The topological polar surface area (TPSA) is 59.0 Å².